The molecule has 0 spiro atoms. The third kappa shape index (κ3) is 2.57. The minimum atomic E-state index is -0.657. The lowest BCUT2D eigenvalue weighted by atomic mass is 9.93. The van der Waals surface area contributed by atoms with E-state index in [1.807, 2.05) is 73.7 Å². The fourth-order valence-electron chi connectivity index (χ4n) is 2.61. The van der Waals surface area contributed by atoms with Gasteiger partial charge in [0.25, 0.3) is 0 Å². The number of aryl methyl sites for hydroxylation is 1. The average molecular weight is 295 g/mol. The zero-order chi connectivity index (χ0) is 14.8. The van der Waals surface area contributed by atoms with Crippen LogP contribution in [0.1, 0.15) is 26.9 Å². The van der Waals surface area contributed by atoms with Gasteiger partial charge in [-0.2, -0.15) is 0 Å². The van der Waals surface area contributed by atoms with Gasteiger partial charge < -0.3 is 0 Å². The van der Waals surface area contributed by atoms with Crippen LogP contribution >= 0.6 is 11.6 Å². The molecule has 0 aliphatic heterocycles. The normalized spacial score (nSPS) is 12.3. The second-order valence-corrected chi connectivity index (χ2v) is 5.55. The number of fused-ring (bicyclic) bond motifs is 1. The minimum Gasteiger partial charge on any atom is -0.292 e. The Kier molecular flexibility index (Phi) is 3.76. The van der Waals surface area contributed by atoms with Gasteiger partial charge in [-0.15, -0.1) is 11.6 Å². The molecule has 0 aromatic heterocycles. The molecule has 2 heteroatoms. The van der Waals surface area contributed by atoms with Crippen LogP contribution in [0.4, 0.5) is 0 Å². The van der Waals surface area contributed by atoms with Crippen molar-refractivity contribution < 1.29 is 4.79 Å². The maximum atomic E-state index is 12.8. The van der Waals surface area contributed by atoms with Gasteiger partial charge in [-0.25, -0.2) is 0 Å². The van der Waals surface area contributed by atoms with E-state index in [2.05, 4.69) is 0 Å². The van der Waals surface area contributed by atoms with Crippen LogP contribution in [-0.2, 0) is 0 Å². The summed E-state index contributed by atoms with van der Waals surface area (Å²) in [7, 11) is 0. The highest BCUT2D eigenvalue weighted by atomic mass is 35.5. The van der Waals surface area contributed by atoms with Gasteiger partial charge in [-0.1, -0.05) is 66.7 Å². The average Bonchev–Trinajstić information content (AvgIpc) is 2.54. The van der Waals surface area contributed by atoms with Crippen LogP contribution in [0.5, 0.6) is 0 Å². The van der Waals surface area contributed by atoms with Crippen LogP contribution in [0, 0.1) is 6.92 Å². The van der Waals surface area contributed by atoms with Crippen molar-refractivity contribution in [3.63, 3.8) is 0 Å². The van der Waals surface area contributed by atoms with Gasteiger partial charge >= 0.3 is 0 Å². The van der Waals surface area contributed by atoms with E-state index in [0.717, 1.165) is 27.5 Å². The first-order valence-electron chi connectivity index (χ1n) is 6.90. The van der Waals surface area contributed by atoms with Crippen molar-refractivity contribution in [3.05, 3.63) is 83.4 Å². The molecule has 0 amide bonds. The van der Waals surface area contributed by atoms with Crippen molar-refractivity contribution in [3.8, 4) is 0 Å². The molecule has 3 rings (SSSR count). The number of hydrogen-bond donors (Lipinski definition) is 0. The van der Waals surface area contributed by atoms with E-state index in [1.165, 1.54) is 0 Å². The largest absolute Gasteiger partial charge is 0.292 e. The van der Waals surface area contributed by atoms with E-state index < -0.39 is 5.38 Å². The zero-order valence-corrected chi connectivity index (χ0v) is 12.5. The fraction of sp³-hybridized carbons (Fsp3) is 0.105. The van der Waals surface area contributed by atoms with E-state index in [9.17, 15) is 4.79 Å². The highest BCUT2D eigenvalue weighted by Crippen LogP contribution is 2.30. The molecule has 3 aromatic carbocycles. The number of Topliss-reactive ketones (excluding diaryl/α,β-unsaturated/α-hetero) is 1. The summed E-state index contributed by atoms with van der Waals surface area (Å²) in [6, 6.07) is 21.4. The molecular weight excluding hydrogens is 280 g/mol. The highest BCUT2D eigenvalue weighted by molar-refractivity contribution is 6.35. The Morgan fingerprint density at radius 2 is 1.57 bits per heavy atom. The molecule has 1 nitrogen and oxygen atoms in total. The maximum Gasteiger partial charge on any atom is 0.186 e. The van der Waals surface area contributed by atoms with Crippen LogP contribution in [0.25, 0.3) is 10.8 Å². The standard InChI is InChI=1S/C19H15ClO/c1-13-11-12-14-7-5-6-10-16(14)17(13)19(21)18(20)15-8-3-2-4-9-15/h2-12,18H,1H3. The second-order valence-electron chi connectivity index (χ2n) is 5.12. The Morgan fingerprint density at radius 3 is 2.33 bits per heavy atom. The van der Waals surface area contributed by atoms with Gasteiger partial charge in [-0.05, 0) is 28.8 Å². The molecule has 1 unspecified atom stereocenters. The molecule has 0 bridgehead atoms. The molecule has 0 saturated carbocycles. The van der Waals surface area contributed by atoms with Gasteiger partial charge in [-0.3, -0.25) is 4.79 Å². The van der Waals surface area contributed by atoms with Crippen molar-refractivity contribution in [2.24, 2.45) is 0 Å². The molecule has 0 saturated heterocycles. The smallest absolute Gasteiger partial charge is 0.186 e. The predicted molar refractivity (Wildman–Crippen MR) is 88.1 cm³/mol. The van der Waals surface area contributed by atoms with Crippen LogP contribution in [0.3, 0.4) is 0 Å². The second kappa shape index (κ2) is 5.71. The third-order valence-corrected chi connectivity index (χ3v) is 4.16. The summed E-state index contributed by atoms with van der Waals surface area (Å²) in [5.74, 6) is -0.0443. The Balaban J connectivity index is 2.12. The lowest BCUT2D eigenvalue weighted by Gasteiger charge is -2.13. The SMILES string of the molecule is Cc1ccc2ccccc2c1C(=O)C(Cl)c1ccccc1. The molecule has 0 aliphatic rings. The monoisotopic (exact) mass is 294 g/mol. The number of rotatable bonds is 3. The molecule has 0 aliphatic carbocycles. The third-order valence-electron chi connectivity index (χ3n) is 3.71. The van der Waals surface area contributed by atoms with Crippen molar-refractivity contribution in [2.45, 2.75) is 12.3 Å². The van der Waals surface area contributed by atoms with Crippen LogP contribution in [0.2, 0.25) is 0 Å². The first kappa shape index (κ1) is 13.8. The van der Waals surface area contributed by atoms with Gasteiger partial charge in [0.05, 0.1) is 0 Å². The van der Waals surface area contributed by atoms with E-state index in [1.54, 1.807) is 0 Å². The molecule has 0 radical (unpaired) electrons. The Morgan fingerprint density at radius 1 is 0.905 bits per heavy atom. The van der Waals surface area contributed by atoms with Crippen molar-refractivity contribution in [1.29, 1.82) is 0 Å². The lowest BCUT2D eigenvalue weighted by Crippen LogP contribution is -2.10. The molecule has 0 heterocycles. The van der Waals surface area contributed by atoms with Gasteiger partial charge in [0, 0.05) is 5.56 Å². The molecular formula is C19H15ClO. The quantitative estimate of drug-likeness (QED) is 0.472. The summed E-state index contributed by atoms with van der Waals surface area (Å²) in [5.41, 5.74) is 2.51. The first-order chi connectivity index (χ1) is 10.2. The summed E-state index contributed by atoms with van der Waals surface area (Å²) in [6.07, 6.45) is 0. The lowest BCUT2D eigenvalue weighted by molar-refractivity contribution is 0.0988. The van der Waals surface area contributed by atoms with E-state index in [4.69, 9.17) is 11.6 Å². The van der Waals surface area contributed by atoms with E-state index in [-0.39, 0.29) is 5.78 Å². The summed E-state index contributed by atoms with van der Waals surface area (Å²) >= 11 is 6.41. The number of halogens is 1. The first-order valence-corrected chi connectivity index (χ1v) is 7.33. The van der Waals surface area contributed by atoms with Crippen molar-refractivity contribution >= 4 is 28.2 Å². The fourth-order valence-corrected chi connectivity index (χ4v) is 2.86. The van der Waals surface area contributed by atoms with Crippen LogP contribution in [-0.4, -0.2) is 5.78 Å². The van der Waals surface area contributed by atoms with E-state index in [0.29, 0.717) is 0 Å². The number of alkyl halides is 1. The zero-order valence-electron chi connectivity index (χ0n) is 11.7. The predicted octanol–water partition coefficient (Wildman–Crippen LogP) is 5.31. The Hall–Kier alpha value is -2.12. The number of benzene rings is 3. The molecule has 21 heavy (non-hydrogen) atoms. The van der Waals surface area contributed by atoms with E-state index >= 15 is 0 Å². The van der Waals surface area contributed by atoms with Crippen LogP contribution in [0.15, 0.2) is 66.7 Å². The molecule has 104 valence electrons. The number of carbonyl (C=O) groups excluding carboxylic acids is 1. The van der Waals surface area contributed by atoms with Crippen LogP contribution < -0.4 is 0 Å². The van der Waals surface area contributed by atoms with Gasteiger partial charge in [0.2, 0.25) is 0 Å². The molecule has 0 N–H and O–H groups in total. The topological polar surface area (TPSA) is 17.1 Å². The molecule has 0 fully saturated rings. The van der Waals surface area contributed by atoms with Gasteiger partial charge in [0.15, 0.2) is 5.78 Å². The minimum absolute atomic E-state index is 0.0443. The van der Waals surface area contributed by atoms with Crippen molar-refractivity contribution in [2.75, 3.05) is 0 Å². The summed E-state index contributed by atoms with van der Waals surface area (Å²) in [5, 5.41) is 1.36. The Labute approximate surface area is 129 Å². The highest BCUT2D eigenvalue weighted by Gasteiger charge is 2.22. The summed E-state index contributed by atoms with van der Waals surface area (Å²) in [6.45, 7) is 1.95. The summed E-state index contributed by atoms with van der Waals surface area (Å²) in [4.78, 5) is 12.8. The molecule has 3 aromatic rings. The number of hydrogen-bond acceptors (Lipinski definition) is 1. The van der Waals surface area contributed by atoms with Gasteiger partial charge in [0.1, 0.15) is 5.38 Å². The maximum absolute atomic E-state index is 12.8. The number of ketones is 1. The summed E-state index contributed by atoms with van der Waals surface area (Å²) < 4.78 is 0. The number of carbonyl (C=O) groups is 1. The molecule has 1 atom stereocenters. The Bertz CT molecular complexity index is 793. The van der Waals surface area contributed by atoms with Crippen molar-refractivity contribution in [1.82, 2.24) is 0 Å².